The third-order valence-corrected chi connectivity index (χ3v) is 13.1. The van der Waals surface area contributed by atoms with Crippen molar-refractivity contribution in [2.75, 3.05) is 4.90 Å². The smallest absolute Gasteiger partial charge is 0.0562 e. The number of para-hydroxylation sites is 1. The number of benzene rings is 10. The van der Waals surface area contributed by atoms with Crippen LogP contribution in [0.5, 0.6) is 0 Å². The van der Waals surface area contributed by atoms with Crippen molar-refractivity contribution in [2.45, 2.75) is 19.3 Å². The molecule has 2 heteroatoms. The van der Waals surface area contributed by atoms with Gasteiger partial charge in [0.25, 0.3) is 0 Å². The molecule has 0 amide bonds. The lowest BCUT2D eigenvalue weighted by Crippen LogP contribution is -2.16. The second-order valence-electron chi connectivity index (χ2n) is 16.9. The maximum absolute atomic E-state index is 2.47. The Bertz CT molecular complexity index is 3500. The maximum Gasteiger partial charge on any atom is 0.0562 e. The first kappa shape index (κ1) is 35.3. The van der Waals surface area contributed by atoms with Crippen LogP contribution in [0.25, 0.3) is 82.4 Å². The predicted molar refractivity (Wildman–Crippen MR) is 259 cm³/mol. The Balaban J connectivity index is 1.11. The second kappa shape index (κ2) is 13.7. The number of hydrogen-bond donors (Lipinski definition) is 0. The van der Waals surface area contributed by atoms with E-state index in [9.17, 15) is 0 Å². The lowest BCUT2D eigenvalue weighted by Gasteiger charge is -2.29. The summed E-state index contributed by atoms with van der Waals surface area (Å²) in [7, 11) is 0. The van der Waals surface area contributed by atoms with E-state index >= 15 is 0 Å². The largest absolute Gasteiger partial charge is 0.310 e. The Kier molecular flexibility index (Phi) is 7.92. The molecule has 0 saturated heterocycles. The molecule has 0 bridgehead atoms. The van der Waals surface area contributed by atoms with Gasteiger partial charge in [0.2, 0.25) is 0 Å². The molecule has 0 N–H and O–H groups in total. The van der Waals surface area contributed by atoms with Crippen LogP contribution in [-0.4, -0.2) is 4.57 Å². The highest BCUT2D eigenvalue weighted by Crippen LogP contribution is 2.51. The topological polar surface area (TPSA) is 8.17 Å². The summed E-state index contributed by atoms with van der Waals surface area (Å²) in [5, 5.41) is 7.52. The fourth-order valence-corrected chi connectivity index (χ4v) is 10.3. The van der Waals surface area contributed by atoms with E-state index in [2.05, 4.69) is 242 Å². The lowest BCUT2D eigenvalue weighted by molar-refractivity contribution is 0.660. The molecule has 12 rings (SSSR count). The Morgan fingerprint density at radius 3 is 1.80 bits per heavy atom. The van der Waals surface area contributed by atoms with Crippen molar-refractivity contribution < 1.29 is 0 Å². The van der Waals surface area contributed by atoms with Crippen molar-refractivity contribution in [2.24, 2.45) is 0 Å². The van der Waals surface area contributed by atoms with Crippen LogP contribution in [0.4, 0.5) is 17.1 Å². The van der Waals surface area contributed by atoms with Crippen molar-refractivity contribution in [3.8, 4) is 39.1 Å². The summed E-state index contributed by atoms with van der Waals surface area (Å²) in [6.45, 7) is 4.73. The number of fused-ring (bicyclic) bond motifs is 9. The molecular formula is C59H42N2. The van der Waals surface area contributed by atoms with Gasteiger partial charge in [-0.3, -0.25) is 0 Å². The highest BCUT2D eigenvalue weighted by atomic mass is 15.1. The van der Waals surface area contributed by atoms with E-state index in [0.29, 0.717) is 0 Å². The molecule has 0 unspecified atom stereocenters. The third-order valence-electron chi connectivity index (χ3n) is 13.1. The van der Waals surface area contributed by atoms with Crippen LogP contribution in [0.1, 0.15) is 25.0 Å². The number of rotatable bonds is 6. The Labute approximate surface area is 356 Å². The quantitative estimate of drug-likeness (QED) is 0.163. The fourth-order valence-electron chi connectivity index (χ4n) is 10.3. The number of anilines is 3. The molecule has 288 valence electrons. The van der Waals surface area contributed by atoms with Crippen LogP contribution in [0.3, 0.4) is 0 Å². The van der Waals surface area contributed by atoms with Crippen LogP contribution in [0.15, 0.2) is 218 Å². The van der Waals surface area contributed by atoms with Crippen LogP contribution in [0, 0.1) is 0 Å². The molecule has 11 aromatic rings. The van der Waals surface area contributed by atoms with E-state index in [1.807, 2.05) is 0 Å². The van der Waals surface area contributed by atoms with Gasteiger partial charge in [0.1, 0.15) is 0 Å². The highest BCUT2D eigenvalue weighted by Gasteiger charge is 2.36. The summed E-state index contributed by atoms with van der Waals surface area (Å²) in [5.74, 6) is 0. The highest BCUT2D eigenvalue weighted by molar-refractivity contribution is 6.22. The molecule has 0 spiro atoms. The first-order valence-electron chi connectivity index (χ1n) is 21.3. The predicted octanol–water partition coefficient (Wildman–Crippen LogP) is 16.2. The first-order valence-corrected chi connectivity index (χ1v) is 21.3. The molecule has 1 aliphatic carbocycles. The van der Waals surface area contributed by atoms with Gasteiger partial charge in [0.05, 0.1) is 11.0 Å². The van der Waals surface area contributed by atoms with Crippen LogP contribution in [0.2, 0.25) is 0 Å². The molecule has 0 fully saturated rings. The standard InChI is InChI=1S/C59H42N2/c1-59(2)53-29-12-11-26-50(53)51-33-31-45(37-54(51)59)60(44-24-13-21-42(36-44)49-28-15-20-41-19-14-27-47(57(41)49)39-16-5-3-6-17-39)46-32-34-52-56(38-46)61(43-22-7-4-8-23-43)55-35-30-40-18-9-10-25-48(40)58(52)55/h3-38H,1-2H3. The maximum atomic E-state index is 2.47. The first-order chi connectivity index (χ1) is 30.0. The summed E-state index contributed by atoms with van der Waals surface area (Å²) >= 11 is 0. The molecule has 10 aromatic carbocycles. The van der Waals surface area contributed by atoms with Crippen LogP contribution in [-0.2, 0) is 5.41 Å². The average Bonchev–Trinajstić information content (AvgIpc) is 3.77. The zero-order valence-corrected chi connectivity index (χ0v) is 34.2. The molecule has 0 saturated carbocycles. The van der Waals surface area contributed by atoms with E-state index in [1.165, 1.54) is 87.9 Å². The third kappa shape index (κ3) is 5.49. The zero-order chi connectivity index (χ0) is 40.7. The molecular weight excluding hydrogens is 737 g/mol. The van der Waals surface area contributed by atoms with Crippen molar-refractivity contribution in [3.05, 3.63) is 230 Å². The monoisotopic (exact) mass is 778 g/mol. The van der Waals surface area contributed by atoms with Gasteiger partial charge in [-0.05, 0) is 121 Å². The molecule has 0 radical (unpaired) electrons. The number of nitrogens with zero attached hydrogens (tertiary/aromatic N) is 2. The number of hydrogen-bond acceptors (Lipinski definition) is 1. The minimum Gasteiger partial charge on any atom is -0.310 e. The SMILES string of the molecule is CC1(C)c2ccccc2-c2ccc(N(c3cccc(-c4cccc5cccc(-c6ccccc6)c45)c3)c3ccc4c5c6ccccc6ccc5n(-c5ccccc5)c4c3)cc21. The van der Waals surface area contributed by atoms with Gasteiger partial charge in [-0.1, -0.05) is 178 Å². The fraction of sp³-hybridized carbons (Fsp3) is 0.0508. The molecule has 1 aromatic heterocycles. The van der Waals surface area contributed by atoms with E-state index in [4.69, 9.17) is 0 Å². The molecule has 0 atom stereocenters. The minimum atomic E-state index is -0.142. The van der Waals surface area contributed by atoms with E-state index in [-0.39, 0.29) is 5.41 Å². The summed E-state index contributed by atoms with van der Waals surface area (Å²) in [6.07, 6.45) is 0. The summed E-state index contributed by atoms with van der Waals surface area (Å²) in [4.78, 5) is 2.47. The summed E-state index contributed by atoms with van der Waals surface area (Å²) < 4.78 is 2.44. The van der Waals surface area contributed by atoms with Gasteiger partial charge in [-0.15, -0.1) is 0 Å². The number of aromatic nitrogens is 1. The normalized spacial score (nSPS) is 12.9. The van der Waals surface area contributed by atoms with Crippen molar-refractivity contribution in [1.82, 2.24) is 4.57 Å². The van der Waals surface area contributed by atoms with Gasteiger partial charge >= 0.3 is 0 Å². The molecule has 61 heavy (non-hydrogen) atoms. The second-order valence-corrected chi connectivity index (χ2v) is 16.9. The van der Waals surface area contributed by atoms with Gasteiger partial charge in [0.15, 0.2) is 0 Å². The van der Waals surface area contributed by atoms with Crippen molar-refractivity contribution in [1.29, 1.82) is 0 Å². The zero-order valence-electron chi connectivity index (χ0n) is 34.2. The summed E-state index contributed by atoms with van der Waals surface area (Å²) in [5.41, 5.74) is 16.9. The minimum absolute atomic E-state index is 0.142. The van der Waals surface area contributed by atoms with E-state index in [0.717, 1.165) is 22.7 Å². The van der Waals surface area contributed by atoms with E-state index < -0.39 is 0 Å². The van der Waals surface area contributed by atoms with Crippen LogP contribution >= 0.6 is 0 Å². The average molecular weight is 779 g/mol. The Morgan fingerprint density at radius 2 is 0.967 bits per heavy atom. The van der Waals surface area contributed by atoms with Gasteiger partial charge in [-0.25, -0.2) is 0 Å². The van der Waals surface area contributed by atoms with Gasteiger partial charge in [0, 0.05) is 38.9 Å². The van der Waals surface area contributed by atoms with Gasteiger partial charge in [-0.2, -0.15) is 0 Å². The lowest BCUT2D eigenvalue weighted by atomic mass is 9.82. The molecule has 2 nitrogen and oxygen atoms in total. The van der Waals surface area contributed by atoms with E-state index in [1.54, 1.807) is 0 Å². The Morgan fingerprint density at radius 1 is 0.361 bits per heavy atom. The van der Waals surface area contributed by atoms with Crippen LogP contribution < -0.4 is 4.90 Å². The summed E-state index contributed by atoms with van der Waals surface area (Å²) in [6, 6.07) is 80.5. The molecule has 0 aliphatic heterocycles. The molecule has 1 heterocycles. The molecule has 1 aliphatic rings. The van der Waals surface area contributed by atoms with Crippen molar-refractivity contribution in [3.63, 3.8) is 0 Å². The Hall–Kier alpha value is -7.68. The van der Waals surface area contributed by atoms with Crippen molar-refractivity contribution >= 4 is 60.4 Å². The van der Waals surface area contributed by atoms with Gasteiger partial charge < -0.3 is 9.47 Å².